The van der Waals surface area contributed by atoms with Crippen molar-refractivity contribution in [2.45, 2.75) is 0 Å². The minimum atomic E-state index is -0.394. The summed E-state index contributed by atoms with van der Waals surface area (Å²) in [6.07, 6.45) is 0. The molecular weight excluding hydrogens is 624 g/mol. The first kappa shape index (κ1) is 28.2. The fraction of sp³-hybridized carbons (Fsp3) is 0. The van der Waals surface area contributed by atoms with Gasteiger partial charge in [-0.15, -0.1) is 0 Å². The van der Waals surface area contributed by atoms with Gasteiger partial charge in [-0.3, -0.25) is 10.1 Å². The van der Waals surface area contributed by atoms with Gasteiger partial charge < -0.3 is 10.8 Å². The summed E-state index contributed by atoms with van der Waals surface area (Å²) in [5.41, 5.74) is 15.0. The molecule has 0 aliphatic heterocycles. The second kappa shape index (κ2) is 11.8. The Hall–Kier alpha value is -4.91. The molecule has 6 rings (SSSR count). The van der Waals surface area contributed by atoms with Gasteiger partial charge in [-0.2, -0.15) is 0 Å². The van der Waals surface area contributed by atoms with Crippen LogP contribution in [0.5, 0.6) is 5.75 Å². The normalized spacial score (nSPS) is 10.9. The summed E-state index contributed by atoms with van der Waals surface area (Å²) in [7, 11) is 0. The lowest BCUT2D eigenvalue weighted by Crippen LogP contribution is -2.01. The lowest BCUT2D eigenvalue weighted by atomic mass is 9.78. The highest BCUT2D eigenvalue weighted by Crippen LogP contribution is 2.55. The molecule has 0 bridgehead atoms. The van der Waals surface area contributed by atoms with Gasteiger partial charge in [0, 0.05) is 38.4 Å². The van der Waals surface area contributed by atoms with Gasteiger partial charge in [0.2, 0.25) is 0 Å². The summed E-state index contributed by atoms with van der Waals surface area (Å²) in [4.78, 5) is 11.5. The largest absolute Gasteiger partial charge is 0.508 e. The zero-order valence-corrected chi connectivity index (χ0v) is 25.0. The van der Waals surface area contributed by atoms with Crippen molar-refractivity contribution in [1.29, 1.82) is 0 Å². The number of aromatic hydroxyl groups is 1. The van der Waals surface area contributed by atoms with Gasteiger partial charge in [0.15, 0.2) is 0 Å². The number of rotatable bonds is 6. The van der Waals surface area contributed by atoms with Crippen molar-refractivity contribution in [3.05, 3.63) is 147 Å². The van der Waals surface area contributed by atoms with E-state index < -0.39 is 4.92 Å². The van der Waals surface area contributed by atoms with E-state index in [1.165, 1.54) is 6.07 Å². The highest BCUT2D eigenvalue weighted by atomic mass is 79.9. The summed E-state index contributed by atoms with van der Waals surface area (Å²) in [6, 6.07) is 38.9. The number of hydrogen-bond acceptors (Lipinski definition) is 4. The number of benzene rings is 6. The molecule has 3 N–H and O–H groups in total. The number of non-ortho nitro benzene ring substituents is 1. The number of phenolic OH excluding ortho intramolecular Hbond substituents is 1. The first-order valence-corrected chi connectivity index (χ1v) is 14.6. The van der Waals surface area contributed by atoms with E-state index in [1.807, 2.05) is 97.1 Å². The van der Waals surface area contributed by atoms with Gasteiger partial charge in [0.1, 0.15) is 5.75 Å². The average Bonchev–Trinajstić information content (AvgIpc) is 3.01. The Balaban J connectivity index is 1.91. The van der Waals surface area contributed by atoms with E-state index in [9.17, 15) is 15.2 Å². The maximum Gasteiger partial charge on any atom is 0.270 e. The van der Waals surface area contributed by atoms with Gasteiger partial charge >= 0.3 is 0 Å². The van der Waals surface area contributed by atoms with Crippen LogP contribution in [0.3, 0.4) is 0 Å². The van der Waals surface area contributed by atoms with Crippen LogP contribution >= 0.6 is 27.5 Å². The first-order chi connectivity index (χ1) is 20.8. The second-order valence-electron chi connectivity index (χ2n) is 10.0. The molecule has 0 aromatic heterocycles. The van der Waals surface area contributed by atoms with Crippen LogP contribution in [-0.4, -0.2) is 10.0 Å². The van der Waals surface area contributed by atoms with Crippen LogP contribution in [0, 0.1) is 10.1 Å². The highest BCUT2D eigenvalue weighted by molar-refractivity contribution is 9.10. The summed E-state index contributed by atoms with van der Waals surface area (Å²) >= 11 is 10.5. The number of hydrogen-bond donors (Lipinski definition) is 2. The molecule has 0 saturated carbocycles. The van der Waals surface area contributed by atoms with Crippen molar-refractivity contribution in [2.24, 2.45) is 0 Å². The number of nitro benzene ring substituents is 1. The third-order valence-electron chi connectivity index (χ3n) is 7.27. The van der Waals surface area contributed by atoms with E-state index >= 15 is 0 Å². The number of anilines is 1. The van der Waals surface area contributed by atoms with Crippen LogP contribution in [0.2, 0.25) is 5.02 Å². The van der Waals surface area contributed by atoms with Gasteiger partial charge in [0.25, 0.3) is 5.69 Å². The number of phenols is 1. The third kappa shape index (κ3) is 5.50. The average molecular weight is 648 g/mol. The SMILES string of the molecule is Nc1cccc(-c2c(-c3cccc([N+](=O)[O-])c3)c(Br)c(-c3cccc(Cl)c3)c(-c3cccc(O)c3)c2-c2ccccc2)c1. The van der Waals surface area contributed by atoms with Gasteiger partial charge in [0.05, 0.1) is 4.92 Å². The lowest BCUT2D eigenvalue weighted by molar-refractivity contribution is -0.384. The maximum atomic E-state index is 11.9. The standard InChI is InChI=1S/C36H24BrClN2O3/c37-36-34(23-10-4-14-27(38)18-23)33(26-13-7-17-30(41)21-26)31(22-8-2-1-3-9-22)32(24-11-5-15-28(39)19-24)35(36)25-12-6-16-29(20-25)40(42)43/h1-21,41H,39H2. The van der Waals surface area contributed by atoms with Crippen LogP contribution in [-0.2, 0) is 0 Å². The number of halogens is 2. The summed E-state index contributed by atoms with van der Waals surface area (Å²) in [5.74, 6) is 0.123. The number of nitro groups is 1. The fourth-order valence-corrected chi connectivity index (χ4v) is 6.55. The zero-order chi connectivity index (χ0) is 30.1. The summed E-state index contributed by atoms with van der Waals surface area (Å²) < 4.78 is 0.714. The van der Waals surface area contributed by atoms with Crippen molar-refractivity contribution >= 4 is 38.9 Å². The van der Waals surface area contributed by atoms with E-state index in [4.69, 9.17) is 17.3 Å². The third-order valence-corrected chi connectivity index (χ3v) is 8.30. The minimum Gasteiger partial charge on any atom is -0.508 e. The number of nitrogens with two attached hydrogens (primary N) is 1. The first-order valence-electron chi connectivity index (χ1n) is 13.4. The molecule has 0 atom stereocenters. The molecule has 210 valence electrons. The molecule has 0 saturated heterocycles. The molecule has 7 heteroatoms. The highest BCUT2D eigenvalue weighted by Gasteiger charge is 2.28. The number of nitrogen functional groups attached to an aromatic ring is 1. The van der Waals surface area contributed by atoms with Crippen LogP contribution in [0.1, 0.15) is 0 Å². The maximum absolute atomic E-state index is 11.9. The molecule has 6 aromatic carbocycles. The summed E-state index contributed by atoms with van der Waals surface area (Å²) in [5, 5.41) is 23.1. The smallest absolute Gasteiger partial charge is 0.270 e. The quantitative estimate of drug-likeness (QED) is 0.107. The zero-order valence-electron chi connectivity index (χ0n) is 22.7. The second-order valence-corrected chi connectivity index (χ2v) is 11.3. The van der Waals surface area contributed by atoms with Gasteiger partial charge in [-0.05, 0) is 96.8 Å². The van der Waals surface area contributed by atoms with Crippen molar-refractivity contribution in [1.82, 2.24) is 0 Å². The molecule has 43 heavy (non-hydrogen) atoms. The topological polar surface area (TPSA) is 89.4 Å². The molecular formula is C36H24BrClN2O3. The number of nitrogens with zero attached hydrogens (tertiary/aromatic N) is 1. The Morgan fingerprint density at radius 2 is 1.12 bits per heavy atom. The molecule has 0 spiro atoms. The molecule has 0 aliphatic carbocycles. The van der Waals surface area contributed by atoms with E-state index in [0.717, 1.165) is 50.1 Å². The molecule has 0 fully saturated rings. The molecule has 0 aliphatic rings. The van der Waals surface area contributed by atoms with Crippen molar-refractivity contribution in [3.8, 4) is 61.4 Å². The molecule has 0 amide bonds. The Kier molecular flexibility index (Phi) is 7.72. The molecule has 0 unspecified atom stereocenters. The van der Waals surface area contributed by atoms with Crippen molar-refractivity contribution in [2.75, 3.05) is 5.73 Å². The molecule has 0 heterocycles. The monoisotopic (exact) mass is 646 g/mol. The Labute approximate surface area is 262 Å². The van der Waals surface area contributed by atoms with Crippen LogP contribution in [0.4, 0.5) is 11.4 Å². The fourth-order valence-electron chi connectivity index (χ4n) is 5.51. The Morgan fingerprint density at radius 1 is 0.605 bits per heavy atom. The predicted molar refractivity (Wildman–Crippen MR) is 179 cm³/mol. The van der Waals surface area contributed by atoms with E-state index in [0.29, 0.717) is 20.7 Å². The predicted octanol–water partition coefficient (Wildman–Crippen LogP) is 10.6. The van der Waals surface area contributed by atoms with Crippen LogP contribution < -0.4 is 5.73 Å². The lowest BCUT2D eigenvalue weighted by Gasteiger charge is -2.26. The molecule has 0 radical (unpaired) electrons. The summed E-state index contributed by atoms with van der Waals surface area (Å²) in [6.45, 7) is 0. The van der Waals surface area contributed by atoms with Crippen LogP contribution in [0.15, 0.2) is 132 Å². The van der Waals surface area contributed by atoms with Crippen molar-refractivity contribution in [3.63, 3.8) is 0 Å². The molecule has 5 nitrogen and oxygen atoms in total. The van der Waals surface area contributed by atoms with Crippen LogP contribution in [0.25, 0.3) is 55.6 Å². The van der Waals surface area contributed by atoms with E-state index in [1.54, 1.807) is 24.3 Å². The van der Waals surface area contributed by atoms with Crippen molar-refractivity contribution < 1.29 is 10.0 Å². The van der Waals surface area contributed by atoms with Gasteiger partial charge in [-0.1, -0.05) is 90.5 Å². The molecule has 6 aromatic rings. The minimum absolute atomic E-state index is 0.0226. The Bertz CT molecular complexity index is 2010. The van der Waals surface area contributed by atoms with E-state index in [-0.39, 0.29) is 11.4 Å². The van der Waals surface area contributed by atoms with Gasteiger partial charge in [-0.25, -0.2) is 0 Å². The van der Waals surface area contributed by atoms with E-state index in [2.05, 4.69) is 15.9 Å². The Morgan fingerprint density at radius 3 is 1.72 bits per heavy atom.